The number of halogens is 2. The Hall–Kier alpha value is -1.55. The molecule has 1 atom stereocenters. The Kier molecular flexibility index (Phi) is 5.67. The molecule has 0 bridgehead atoms. The summed E-state index contributed by atoms with van der Waals surface area (Å²) in [4.78, 5) is 14.8. The SMILES string of the molecule is C[C@H]1c2cccc(CCN)c2CCN1C(=O)Cc1c(Cl)cccc1Cl. The maximum Gasteiger partial charge on any atom is 0.227 e. The van der Waals surface area contributed by atoms with Gasteiger partial charge >= 0.3 is 0 Å². The lowest BCUT2D eigenvalue weighted by Gasteiger charge is -2.36. The molecule has 2 aromatic carbocycles. The smallest absolute Gasteiger partial charge is 0.227 e. The van der Waals surface area contributed by atoms with Crippen molar-refractivity contribution in [2.45, 2.75) is 32.2 Å². The highest BCUT2D eigenvalue weighted by Gasteiger charge is 2.29. The van der Waals surface area contributed by atoms with Crippen molar-refractivity contribution in [1.29, 1.82) is 0 Å². The second-order valence-corrected chi connectivity index (χ2v) is 7.23. The minimum Gasteiger partial charge on any atom is -0.335 e. The normalized spacial score (nSPS) is 16.6. The molecule has 2 aromatic rings. The predicted molar refractivity (Wildman–Crippen MR) is 103 cm³/mol. The summed E-state index contributed by atoms with van der Waals surface area (Å²) in [5.41, 5.74) is 10.3. The number of fused-ring (bicyclic) bond motifs is 1. The lowest BCUT2D eigenvalue weighted by Crippen LogP contribution is -2.40. The highest BCUT2D eigenvalue weighted by atomic mass is 35.5. The van der Waals surface area contributed by atoms with Crippen LogP contribution in [0.5, 0.6) is 0 Å². The Morgan fingerprint density at radius 2 is 1.88 bits per heavy atom. The van der Waals surface area contributed by atoms with Gasteiger partial charge in [-0.25, -0.2) is 0 Å². The van der Waals surface area contributed by atoms with E-state index in [0.717, 1.165) is 12.8 Å². The van der Waals surface area contributed by atoms with Gasteiger partial charge in [0.1, 0.15) is 0 Å². The standard InChI is InChI=1S/C20H22Cl2N2O/c1-13-15-5-2-4-14(8-10-23)16(15)9-11-24(13)20(25)12-17-18(21)6-3-7-19(17)22/h2-7,13H,8-12,23H2,1H3/t13-/m0/s1. The summed E-state index contributed by atoms with van der Waals surface area (Å²) in [6.45, 7) is 3.42. The lowest BCUT2D eigenvalue weighted by molar-refractivity contribution is -0.133. The number of hydrogen-bond acceptors (Lipinski definition) is 2. The maximum absolute atomic E-state index is 12.9. The van der Waals surface area contributed by atoms with Gasteiger partial charge in [0.05, 0.1) is 12.5 Å². The minimum absolute atomic E-state index is 0.0373. The fourth-order valence-electron chi connectivity index (χ4n) is 3.63. The van der Waals surface area contributed by atoms with Crippen molar-refractivity contribution in [2.75, 3.05) is 13.1 Å². The van der Waals surface area contributed by atoms with Gasteiger partial charge in [-0.05, 0) is 60.7 Å². The molecule has 0 aliphatic carbocycles. The van der Waals surface area contributed by atoms with E-state index in [2.05, 4.69) is 25.1 Å². The largest absolute Gasteiger partial charge is 0.335 e. The van der Waals surface area contributed by atoms with Crippen LogP contribution in [0.3, 0.4) is 0 Å². The fourth-order valence-corrected chi connectivity index (χ4v) is 4.16. The third-order valence-corrected chi connectivity index (χ3v) is 5.66. The zero-order valence-corrected chi connectivity index (χ0v) is 15.8. The molecule has 5 heteroatoms. The zero-order chi connectivity index (χ0) is 18.0. The molecule has 0 spiro atoms. The van der Waals surface area contributed by atoms with Crippen molar-refractivity contribution in [3.05, 3.63) is 68.7 Å². The molecule has 1 amide bonds. The van der Waals surface area contributed by atoms with Gasteiger partial charge in [-0.2, -0.15) is 0 Å². The first-order valence-electron chi connectivity index (χ1n) is 8.56. The van der Waals surface area contributed by atoms with E-state index in [9.17, 15) is 4.79 Å². The summed E-state index contributed by atoms with van der Waals surface area (Å²) in [5, 5.41) is 1.08. The van der Waals surface area contributed by atoms with Crippen molar-refractivity contribution < 1.29 is 4.79 Å². The third-order valence-electron chi connectivity index (χ3n) is 4.95. The first-order chi connectivity index (χ1) is 12.0. The van der Waals surface area contributed by atoms with Crippen molar-refractivity contribution >= 4 is 29.1 Å². The van der Waals surface area contributed by atoms with E-state index in [0.29, 0.717) is 28.7 Å². The third kappa shape index (κ3) is 3.69. The van der Waals surface area contributed by atoms with Crippen molar-refractivity contribution in [1.82, 2.24) is 4.90 Å². The molecule has 0 saturated heterocycles. The van der Waals surface area contributed by atoms with E-state index in [1.54, 1.807) is 18.2 Å². The molecule has 3 nitrogen and oxygen atoms in total. The molecule has 0 aromatic heterocycles. The summed E-state index contributed by atoms with van der Waals surface area (Å²) in [7, 11) is 0. The molecule has 0 unspecified atom stereocenters. The number of nitrogens with two attached hydrogens (primary N) is 1. The molecule has 132 valence electrons. The zero-order valence-electron chi connectivity index (χ0n) is 14.3. The minimum atomic E-state index is 0.0373. The van der Waals surface area contributed by atoms with Crippen LogP contribution in [0.1, 0.15) is 35.2 Å². The van der Waals surface area contributed by atoms with Gasteiger partial charge in [0.2, 0.25) is 5.91 Å². The van der Waals surface area contributed by atoms with Gasteiger partial charge in [-0.1, -0.05) is 47.5 Å². The first-order valence-corrected chi connectivity index (χ1v) is 9.31. The van der Waals surface area contributed by atoms with Gasteiger partial charge < -0.3 is 10.6 Å². The average molecular weight is 377 g/mol. The van der Waals surface area contributed by atoms with E-state index in [4.69, 9.17) is 28.9 Å². The second-order valence-electron chi connectivity index (χ2n) is 6.41. The Labute approximate surface area is 158 Å². The van der Waals surface area contributed by atoms with Gasteiger partial charge in [-0.3, -0.25) is 4.79 Å². The van der Waals surface area contributed by atoms with Crippen LogP contribution in [0, 0.1) is 0 Å². The van der Waals surface area contributed by atoms with Crippen LogP contribution in [0.4, 0.5) is 0 Å². The average Bonchev–Trinajstić information content (AvgIpc) is 2.59. The number of nitrogens with zero attached hydrogens (tertiary/aromatic N) is 1. The highest BCUT2D eigenvalue weighted by Crippen LogP contribution is 2.33. The molecule has 2 N–H and O–H groups in total. The van der Waals surface area contributed by atoms with Crippen LogP contribution in [0.2, 0.25) is 10.0 Å². The Bertz CT molecular complexity index is 771. The summed E-state index contributed by atoms with van der Waals surface area (Å²) >= 11 is 12.4. The molecule has 1 aliphatic rings. The second kappa shape index (κ2) is 7.77. The Balaban J connectivity index is 1.83. The van der Waals surface area contributed by atoms with Crippen molar-refractivity contribution in [3.8, 4) is 0 Å². The van der Waals surface area contributed by atoms with Gasteiger partial charge in [0.15, 0.2) is 0 Å². The van der Waals surface area contributed by atoms with Crippen LogP contribution in [-0.2, 0) is 24.1 Å². The van der Waals surface area contributed by atoms with Crippen LogP contribution < -0.4 is 5.73 Å². The summed E-state index contributed by atoms with van der Waals surface area (Å²) in [6, 6.07) is 11.7. The van der Waals surface area contributed by atoms with Gasteiger partial charge in [-0.15, -0.1) is 0 Å². The number of hydrogen-bond donors (Lipinski definition) is 1. The molecular weight excluding hydrogens is 355 g/mol. The van der Waals surface area contributed by atoms with Gasteiger partial charge in [0, 0.05) is 16.6 Å². The van der Waals surface area contributed by atoms with Crippen LogP contribution in [-0.4, -0.2) is 23.9 Å². The van der Waals surface area contributed by atoms with Crippen LogP contribution >= 0.6 is 23.2 Å². The van der Waals surface area contributed by atoms with Crippen LogP contribution in [0.15, 0.2) is 36.4 Å². The van der Waals surface area contributed by atoms with E-state index < -0.39 is 0 Å². The molecule has 0 radical (unpaired) electrons. The molecule has 1 aliphatic heterocycles. The molecule has 0 saturated carbocycles. The fraction of sp³-hybridized carbons (Fsp3) is 0.350. The Morgan fingerprint density at radius 1 is 1.20 bits per heavy atom. The number of carbonyl (C=O) groups excluding carboxylic acids is 1. The molecule has 0 fully saturated rings. The number of benzene rings is 2. The maximum atomic E-state index is 12.9. The molecule has 3 rings (SSSR count). The van der Waals surface area contributed by atoms with Gasteiger partial charge in [0.25, 0.3) is 0 Å². The van der Waals surface area contributed by atoms with E-state index in [1.165, 1.54) is 16.7 Å². The molecule has 25 heavy (non-hydrogen) atoms. The Morgan fingerprint density at radius 3 is 2.56 bits per heavy atom. The van der Waals surface area contributed by atoms with Crippen LogP contribution in [0.25, 0.3) is 0 Å². The number of rotatable bonds is 4. The van der Waals surface area contributed by atoms with Crippen molar-refractivity contribution in [3.63, 3.8) is 0 Å². The summed E-state index contributed by atoms with van der Waals surface area (Å²) in [6.07, 6.45) is 1.96. The lowest BCUT2D eigenvalue weighted by atomic mass is 9.88. The predicted octanol–water partition coefficient (Wildman–Crippen LogP) is 4.18. The van der Waals surface area contributed by atoms with E-state index in [1.807, 2.05) is 4.90 Å². The number of carbonyl (C=O) groups is 1. The summed E-state index contributed by atoms with van der Waals surface area (Å²) in [5.74, 6) is 0.0531. The highest BCUT2D eigenvalue weighted by molar-refractivity contribution is 6.36. The topological polar surface area (TPSA) is 46.3 Å². The van der Waals surface area contributed by atoms with Crippen molar-refractivity contribution in [2.24, 2.45) is 5.73 Å². The monoisotopic (exact) mass is 376 g/mol. The number of amides is 1. The first kappa shape index (κ1) is 18.2. The summed E-state index contributed by atoms with van der Waals surface area (Å²) < 4.78 is 0. The van der Waals surface area contributed by atoms with E-state index in [-0.39, 0.29) is 18.4 Å². The molecule has 1 heterocycles. The molecular formula is C20H22Cl2N2O. The van der Waals surface area contributed by atoms with E-state index >= 15 is 0 Å². The quantitative estimate of drug-likeness (QED) is 0.869.